The van der Waals surface area contributed by atoms with E-state index in [0.717, 1.165) is 11.4 Å². The first-order valence-electron chi connectivity index (χ1n) is 4.49. The van der Waals surface area contributed by atoms with Gasteiger partial charge in [-0.25, -0.2) is 4.68 Å². The molecule has 4 nitrogen and oxygen atoms in total. The molecule has 2 aromatic rings. The molecule has 0 aliphatic heterocycles. The van der Waals surface area contributed by atoms with Crippen LogP contribution in [0.25, 0.3) is 5.69 Å². The molecule has 0 unspecified atom stereocenters. The van der Waals surface area contributed by atoms with E-state index in [2.05, 4.69) is 5.10 Å². The summed E-state index contributed by atoms with van der Waals surface area (Å²) in [6.45, 7) is 3.88. The Morgan fingerprint density at radius 3 is 2.12 bits per heavy atom. The molecule has 3 N–H and O–H groups in total. The summed E-state index contributed by atoms with van der Waals surface area (Å²) in [7, 11) is 0. The second kappa shape index (κ2) is 5.70. The van der Waals surface area contributed by atoms with Crippen LogP contribution in [0.15, 0.2) is 30.3 Å². The van der Waals surface area contributed by atoms with Crippen molar-refractivity contribution in [1.82, 2.24) is 9.78 Å². The van der Waals surface area contributed by atoms with Gasteiger partial charge in [0.1, 0.15) is 0 Å². The van der Waals surface area contributed by atoms with Gasteiger partial charge in [0.25, 0.3) is 0 Å². The predicted octanol–water partition coefficient (Wildman–Crippen LogP) is 1.37. The SMILES string of the molecule is Cc1ccc(-n2nc(C)cc2O)cc1.O.[Cu]. The number of benzene rings is 1. The van der Waals surface area contributed by atoms with E-state index in [0.29, 0.717) is 0 Å². The summed E-state index contributed by atoms with van der Waals surface area (Å²) in [5, 5.41) is 13.7. The van der Waals surface area contributed by atoms with Gasteiger partial charge in [0.15, 0.2) is 0 Å². The van der Waals surface area contributed by atoms with Gasteiger partial charge in [-0.2, -0.15) is 5.10 Å². The van der Waals surface area contributed by atoms with Crippen LogP contribution in [-0.2, 0) is 17.1 Å². The zero-order valence-electron chi connectivity index (χ0n) is 9.03. The Hall–Kier alpha value is -1.29. The molecule has 0 saturated heterocycles. The van der Waals surface area contributed by atoms with Crippen molar-refractivity contribution < 1.29 is 27.7 Å². The summed E-state index contributed by atoms with van der Waals surface area (Å²) in [5.41, 5.74) is 2.88. The maximum absolute atomic E-state index is 9.55. The van der Waals surface area contributed by atoms with Gasteiger partial charge < -0.3 is 10.6 Å². The van der Waals surface area contributed by atoms with Crippen molar-refractivity contribution in [2.45, 2.75) is 13.8 Å². The summed E-state index contributed by atoms with van der Waals surface area (Å²) in [5.74, 6) is 0.173. The Bertz CT molecular complexity index is 452. The van der Waals surface area contributed by atoms with Gasteiger partial charge in [-0.1, -0.05) is 17.7 Å². The van der Waals surface area contributed by atoms with Crippen molar-refractivity contribution in [3.8, 4) is 11.6 Å². The Balaban J connectivity index is 0.00000112. The Labute approximate surface area is 105 Å². The maximum atomic E-state index is 9.55. The standard InChI is InChI=1S/C11H12N2O.Cu.H2O/c1-8-3-5-10(6-4-8)13-11(14)7-9(2)12-13;;/h3-7,14H,1-2H3;;1H2. The molecule has 0 spiro atoms. The predicted molar refractivity (Wildman–Crippen MR) is 58.3 cm³/mol. The molecule has 0 fully saturated rings. The Morgan fingerprint density at radius 2 is 1.69 bits per heavy atom. The Kier molecular flexibility index (Phi) is 5.24. The van der Waals surface area contributed by atoms with Crippen LogP contribution in [0.1, 0.15) is 11.3 Å². The fraction of sp³-hybridized carbons (Fsp3) is 0.182. The number of hydrogen-bond donors (Lipinski definition) is 1. The summed E-state index contributed by atoms with van der Waals surface area (Å²) < 4.78 is 1.52. The maximum Gasteiger partial charge on any atom is 0.214 e. The van der Waals surface area contributed by atoms with Gasteiger partial charge >= 0.3 is 0 Å². The van der Waals surface area contributed by atoms with Crippen LogP contribution in [0.5, 0.6) is 5.88 Å². The van der Waals surface area contributed by atoms with Crippen LogP contribution < -0.4 is 0 Å². The minimum absolute atomic E-state index is 0. The number of hydrogen-bond acceptors (Lipinski definition) is 2. The third-order valence-corrected chi connectivity index (χ3v) is 2.09. The van der Waals surface area contributed by atoms with E-state index in [1.807, 2.05) is 38.1 Å². The molecular weight excluding hydrogens is 256 g/mol. The summed E-state index contributed by atoms with van der Waals surface area (Å²) in [4.78, 5) is 0. The second-order valence-electron chi connectivity index (χ2n) is 3.39. The molecule has 5 heteroatoms. The average Bonchev–Trinajstić information content (AvgIpc) is 2.47. The van der Waals surface area contributed by atoms with Crippen LogP contribution >= 0.6 is 0 Å². The monoisotopic (exact) mass is 269 g/mol. The van der Waals surface area contributed by atoms with Crippen LogP contribution in [0.2, 0.25) is 0 Å². The van der Waals surface area contributed by atoms with Crippen molar-refractivity contribution in [2.24, 2.45) is 0 Å². The largest absolute Gasteiger partial charge is 0.493 e. The molecule has 0 saturated carbocycles. The first-order chi connectivity index (χ1) is 6.66. The number of aryl methyl sites for hydroxylation is 2. The average molecular weight is 270 g/mol. The van der Waals surface area contributed by atoms with E-state index in [4.69, 9.17) is 0 Å². The van der Waals surface area contributed by atoms with E-state index in [1.54, 1.807) is 6.07 Å². The van der Waals surface area contributed by atoms with Gasteiger partial charge in [-0.3, -0.25) is 0 Å². The van der Waals surface area contributed by atoms with Crippen molar-refractivity contribution in [3.63, 3.8) is 0 Å². The number of nitrogens with zero attached hydrogens (tertiary/aromatic N) is 2. The minimum atomic E-state index is 0. The van der Waals surface area contributed by atoms with Gasteiger partial charge in [-0.15, -0.1) is 0 Å². The van der Waals surface area contributed by atoms with E-state index in [9.17, 15) is 5.11 Å². The molecule has 16 heavy (non-hydrogen) atoms. The second-order valence-corrected chi connectivity index (χ2v) is 3.39. The third kappa shape index (κ3) is 2.85. The number of aromatic hydroxyl groups is 1. The van der Waals surface area contributed by atoms with Crippen LogP contribution in [0.3, 0.4) is 0 Å². The summed E-state index contributed by atoms with van der Waals surface area (Å²) >= 11 is 0. The first kappa shape index (κ1) is 14.7. The molecule has 1 heterocycles. The molecule has 91 valence electrons. The normalized spacial score (nSPS) is 9.12. The molecule has 1 radical (unpaired) electrons. The van der Waals surface area contributed by atoms with Crippen LogP contribution in [-0.4, -0.2) is 20.4 Å². The molecule has 0 atom stereocenters. The number of aromatic nitrogens is 2. The van der Waals surface area contributed by atoms with E-state index in [-0.39, 0.29) is 28.4 Å². The van der Waals surface area contributed by atoms with E-state index < -0.39 is 0 Å². The van der Waals surface area contributed by atoms with Crippen LogP contribution in [0, 0.1) is 13.8 Å². The van der Waals surface area contributed by atoms with E-state index >= 15 is 0 Å². The van der Waals surface area contributed by atoms with Crippen molar-refractivity contribution in [1.29, 1.82) is 0 Å². The molecule has 0 aliphatic carbocycles. The Morgan fingerprint density at radius 1 is 1.12 bits per heavy atom. The minimum Gasteiger partial charge on any atom is -0.493 e. The number of rotatable bonds is 1. The first-order valence-corrected chi connectivity index (χ1v) is 4.49. The molecular formula is C11H14CuN2O2. The van der Waals surface area contributed by atoms with Gasteiger partial charge in [0.05, 0.1) is 11.4 Å². The molecule has 0 bridgehead atoms. The molecule has 0 amide bonds. The quantitative estimate of drug-likeness (QED) is 0.795. The van der Waals surface area contributed by atoms with Gasteiger partial charge in [-0.05, 0) is 26.0 Å². The van der Waals surface area contributed by atoms with Crippen LogP contribution in [0.4, 0.5) is 0 Å². The van der Waals surface area contributed by atoms with Gasteiger partial charge in [0.2, 0.25) is 5.88 Å². The summed E-state index contributed by atoms with van der Waals surface area (Å²) in [6.07, 6.45) is 0. The third-order valence-electron chi connectivity index (χ3n) is 2.09. The fourth-order valence-electron chi connectivity index (χ4n) is 1.36. The van der Waals surface area contributed by atoms with Crippen molar-refractivity contribution in [2.75, 3.05) is 0 Å². The zero-order valence-corrected chi connectivity index (χ0v) is 9.97. The topological polar surface area (TPSA) is 69.5 Å². The molecule has 2 rings (SSSR count). The summed E-state index contributed by atoms with van der Waals surface area (Å²) in [6, 6.07) is 9.49. The molecule has 1 aromatic heterocycles. The van der Waals surface area contributed by atoms with E-state index in [1.165, 1.54) is 10.2 Å². The van der Waals surface area contributed by atoms with Gasteiger partial charge in [0, 0.05) is 23.1 Å². The zero-order chi connectivity index (χ0) is 10.1. The van der Waals surface area contributed by atoms with Crippen molar-refractivity contribution >= 4 is 0 Å². The smallest absolute Gasteiger partial charge is 0.214 e. The van der Waals surface area contributed by atoms with Crippen molar-refractivity contribution in [3.05, 3.63) is 41.6 Å². The molecule has 1 aromatic carbocycles. The fourth-order valence-corrected chi connectivity index (χ4v) is 1.36. The molecule has 0 aliphatic rings.